The summed E-state index contributed by atoms with van der Waals surface area (Å²) < 4.78 is 1.84. The summed E-state index contributed by atoms with van der Waals surface area (Å²) in [7, 11) is 0. The Morgan fingerprint density at radius 2 is 2.29 bits per heavy atom. The SMILES string of the molecule is CCn1nc(-c2ccnc(C#N)c2)c(Cl)c1C. The molecule has 2 rings (SSSR count). The highest BCUT2D eigenvalue weighted by Gasteiger charge is 2.14. The number of pyridine rings is 1. The minimum absolute atomic E-state index is 0.363. The second-order valence-corrected chi connectivity index (χ2v) is 3.98. The molecule has 2 aromatic rings. The Hall–Kier alpha value is -1.86. The molecule has 0 amide bonds. The van der Waals surface area contributed by atoms with E-state index in [-0.39, 0.29) is 0 Å². The van der Waals surface area contributed by atoms with Gasteiger partial charge in [-0.25, -0.2) is 4.98 Å². The molecule has 2 heterocycles. The van der Waals surface area contributed by atoms with E-state index in [1.54, 1.807) is 18.3 Å². The molecular weight excluding hydrogens is 236 g/mol. The Balaban J connectivity index is 2.57. The summed E-state index contributed by atoms with van der Waals surface area (Å²) in [5, 5.41) is 13.9. The molecule has 0 atom stereocenters. The van der Waals surface area contributed by atoms with Crippen molar-refractivity contribution < 1.29 is 0 Å². The Bertz CT molecular complexity index is 595. The van der Waals surface area contributed by atoms with Crippen LogP contribution < -0.4 is 0 Å². The first-order valence-corrected chi connectivity index (χ1v) is 5.64. The molecule has 0 unspecified atom stereocenters. The average Bonchev–Trinajstić information content (AvgIpc) is 2.66. The standard InChI is InChI=1S/C12H11ClN4/c1-3-17-8(2)11(13)12(16-17)9-4-5-15-10(6-9)7-14/h4-6H,3H2,1-2H3. The lowest BCUT2D eigenvalue weighted by Gasteiger charge is -1.97. The number of hydrogen-bond donors (Lipinski definition) is 0. The van der Waals surface area contributed by atoms with Crippen molar-refractivity contribution >= 4 is 11.6 Å². The van der Waals surface area contributed by atoms with Crippen LogP contribution in [0.2, 0.25) is 5.02 Å². The summed E-state index contributed by atoms with van der Waals surface area (Å²) in [6.07, 6.45) is 1.59. The number of aromatic nitrogens is 3. The molecule has 0 radical (unpaired) electrons. The molecular formula is C12H11ClN4. The van der Waals surface area contributed by atoms with Crippen molar-refractivity contribution in [2.24, 2.45) is 0 Å². The van der Waals surface area contributed by atoms with Gasteiger partial charge in [-0.1, -0.05) is 11.6 Å². The van der Waals surface area contributed by atoms with Gasteiger partial charge in [-0.2, -0.15) is 10.4 Å². The van der Waals surface area contributed by atoms with E-state index in [1.807, 2.05) is 24.6 Å². The van der Waals surface area contributed by atoms with Gasteiger partial charge in [-0.05, 0) is 26.0 Å². The van der Waals surface area contributed by atoms with Crippen molar-refractivity contribution in [2.45, 2.75) is 20.4 Å². The highest BCUT2D eigenvalue weighted by molar-refractivity contribution is 6.33. The third-order valence-electron chi connectivity index (χ3n) is 2.58. The van der Waals surface area contributed by atoms with Crippen LogP contribution in [-0.2, 0) is 6.54 Å². The Kier molecular flexibility index (Phi) is 3.12. The Labute approximate surface area is 104 Å². The van der Waals surface area contributed by atoms with E-state index in [0.717, 1.165) is 17.8 Å². The van der Waals surface area contributed by atoms with Crippen molar-refractivity contribution in [1.29, 1.82) is 5.26 Å². The van der Waals surface area contributed by atoms with Gasteiger partial charge >= 0.3 is 0 Å². The molecule has 0 aliphatic carbocycles. The van der Waals surface area contributed by atoms with E-state index in [9.17, 15) is 0 Å². The smallest absolute Gasteiger partial charge is 0.141 e. The highest BCUT2D eigenvalue weighted by Crippen LogP contribution is 2.29. The van der Waals surface area contributed by atoms with Crippen molar-refractivity contribution in [3.63, 3.8) is 0 Å². The van der Waals surface area contributed by atoms with E-state index < -0.39 is 0 Å². The van der Waals surface area contributed by atoms with Crippen molar-refractivity contribution in [3.8, 4) is 17.3 Å². The van der Waals surface area contributed by atoms with Crippen molar-refractivity contribution in [3.05, 3.63) is 34.7 Å². The van der Waals surface area contributed by atoms with Gasteiger partial charge in [0.25, 0.3) is 0 Å². The predicted molar refractivity (Wildman–Crippen MR) is 65.6 cm³/mol. The van der Waals surface area contributed by atoms with Gasteiger partial charge in [0.2, 0.25) is 0 Å². The van der Waals surface area contributed by atoms with Gasteiger partial charge in [0.1, 0.15) is 17.5 Å². The maximum atomic E-state index is 8.81. The zero-order chi connectivity index (χ0) is 12.4. The summed E-state index contributed by atoms with van der Waals surface area (Å²) in [6.45, 7) is 4.70. The molecule has 0 bridgehead atoms. The van der Waals surface area contributed by atoms with Crippen LogP contribution in [0.4, 0.5) is 0 Å². The summed E-state index contributed by atoms with van der Waals surface area (Å²) in [6, 6.07) is 5.49. The lowest BCUT2D eigenvalue weighted by molar-refractivity contribution is 0.642. The fourth-order valence-corrected chi connectivity index (χ4v) is 1.90. The number of halogens is 1. The number of rotatable bonds is 2. The van der Waals surface area contributed by atoms with Crippen molar-refractivity contribution in [2.75, 3.05) is 0 Å². The zero-order valence-corrected chi connectivity index (χ0v) is 10.4. The second-order valence-electron chi connectivity index (χ2n) is 3.61. The minimum atomic E-state index is 0.363. The number of nitrogens with zero attached hydrogens (tertiary/aromatic N) is 4. The number of aryl methyl sites for hydroxylation is 1. The monoisotopic (exact) mass is 246 g/mol. The average molecular weight is 247 g/mol. The highest BCUT2D eigenvalue weighted by atomic mass is 35.5. The largest absolute Gasteiger partial charge is 0.268 e. The molecule has 0 aromatic carbocycles. The first kappa shape index (κ1) is 11.6. The summed E-state index contributed by atoms with van der Waals surface area (Å²) in [5.41, 5.74) is 2.81. The van der Waals surface area contributed by atoms with Crippen LogP contribution in [0.3, 0.4) is 0 Å². The summed E-state index contributed by atoms with van der Waals surface area (Å²) >= 11 is 6.24. The molecule has 4 nitrogen and oxygen atoms in total. The molecule has 17 heavy (non-hydrogen) atoms. The van der Waals surface area contributed by atoms with Crippen LogP contribution in [0.1, 0.15) is 18.3 Å². The fourth-order valence-electron chi connectivity index (χ4n) is 1.66. The van der Waals surface area contributed by atoms with E-state index in [2.05, 4.69) is 10.1 Å². The van der Waals surface area contributed by atoms with E-state index in [0.29, 0.717) is 16.4 Å². The minimum Gasteiger partial charge on any atom is -0.268 e. The molecule has 0 N–H and O–H groups in total. The zero-order valence-electron chi connectivity index (χ0n) is 9.61. The summed E-state index contributed by atoms with van der Waals surface area (Å²) in [4.78, 5) is 3.92. The molecule has 0 saturated carbocycles. The maximum Gasteiger partial charge on any atom is 0.141 e. The Morgan fingerprint density at radius 1 is 1.53 bits per heavy atom. The molecule has 5 heteroatoms. The van der Waals surface area contributed by atoms with Gasteiger partial charge in [-0.3, -0.25) is 4.68 Å². The Morgan fingerprint density at radius 3 is 2.88 bits per heavy atom. The lowest BCUT2D eigenvalue weighted by Crippen LogP contribution is -1.98. The maximum absolute atomic E-state index is 8.81. The van der Waals surface area contributed by atoms with Crippen LogP contribution in [-0.4, -0.2) is 14.8 Å². The van der Waals surface area contributed by atoms with E-state index in [1.165, 1.54) is 0 Å². The molecule has 0 fully saturated rings. The van der Waals surface area contributed by atoms with Gasteiger partial charge in [-0.15, -0.1) is 0 Å². The van der Waals surface area contributed by atoms with Crippen LogP contribution in [0, 0.1) is 18.3 Å². The quantitative estimate of drug-likeness (QED) is 0.819. The molecule has 2 aromatic heterocycles. The first-order valence-electron chi connectivity index (χ1n) is 5.26. The van der Waals surface area contributed by atoms with Crippen LogP contribution >= 0.6 is 11.6 Å². The third-order valence-corrected chi connectivity index (χ3v) is 3.03. The molecule has 0 aliphatic rings. The number of nitriles is 1. The van der Waals surface area contributed by atoms with Crippen LogP contribution in [0.15, 0.2) is 18.3 Å². The normalized spacial score (nSPS) is 10.2. The van der Waals surface area contributed by atoms with Gasteiger partial charge < -0.3 is 0 Å². The third kappa shape index (κ3) is 2.02. The van der Waals surface area contributed by atoms with E-state index >= 15 is 0 Å². The fraction of sp³-hybridized carbons (Fsp3) is 0.250. The molecule has 0 saturated heterocycles. The van der Waals surface area contributed by atoms with Crippen LogP contribution in [0.25, 0.3) is 11.3 Å². The molecule has 0 spiro atoms. The molecule has 0 aliphatic heterocycles. The van der Waals surface area contributed by atoms with Gasteiger partial charge in [0.15, 0.2) is 0 Å². The van der Waals surface area contributed by atoms with E-state index in [4.69, 9.17) is 16.9 Å². The lowest BCUT2D eigenvalue weighted by atomic mass is 10.1. The second kappa shape index (κ2) is 4.56. The topological polar surface area (TPSA) is 54.5 Å². The van der Waals surface area contributed by atoms with Crippen molar-refractivity contribution in [1.82, 2.24) is 14.8 Å². The number of hydrogen-bond acceptors (Lipinski definition) is 3. The molecule has 86 valence electrons. The van der Waals surface area contributed by atoms with Gasteiger partial charge in [0.05, 0.1) is 10.7 Å². The first-order chi connectivity index (χ1) is 8.17. The van der Waals surface area contributed by atoms with Gasteiger partial charge in [0, 0.05) is 18.3 Å². The van der Waals surface area contributed by atoms with Crippen LogP contribution in [0.5, 0.6) is 0 Å². The predicted octanol–water partition coefficient (Wildman–Crippen LogP) is 2.80. The summed E-state index contributed by atoms with van der Waals surface area (Å²) in [5.74, 6) is 0.